The molecule has 0 aliphatic carbocycles. The van der Waals surface area contributed by atoms with Crippen LogP contribution in [0.5, 0.6) is 5.75 Å². The summed E-state index contributed by atoms with van der Waals surface area (Å²) in [6.07, 6.45) is 0.0664. The zero-order chi connectivity index (χ0) is 12.8. The molecule has 17 heavy (non-hydrogen) atoms. The fourth-order valence-electron chi connectivity index (χ4n) is 1.22. The van der Waals surface area contributed by atoms with Crippen LogP contribution >= 0.6 is 0 Å². The number of nitrogen functional groups attached to an aromatic ring is 1. The van der Waals surface area contributed by atoms with E-state index in [4.69, 9.17) is 15.2 Å². The van der Waals surface area contributed by atoms with Crippen molar-refractivity contribution in [2.24, 2.45) is 0 Å². The molecule has 0 aliphatic heterocycles. The monoisotopic (exact) mass is 237 g/mol. The van der Waals surface area contributed by atoms with Crippen molar-refractivity contribution in [1.82, 2.24) is 0 Å². The second-order valence-electron chi connectivity index (χ2n) is 3.99. The number of ether oxygens (including phenoxy) is 2. The highest BCUT2D eigenvalue weighted by atomic mass is 16.6. The van der Waals surface area contributed by atoms with Gasteiger partial charge in [0.15, 0.2) is 6.10 Å². The van der Waals surface area contributed by atoms with E-state index in [9.17, 15) is 4.79 Å². The van der Waals surface area contributed by atoms with E-state index in [0.717, 1.165) is 6.42 Å². The van der Waals surface area contributed by atoms with Crippen molar-refractivity contribution in [3.05, 3.63) is 24.3 Å². The second-order valence-corrected chi connectivity index (χ2v) is 3.99. The summed E-state index contributed by atoms with van der Waals surface area (Å²) in [5.74, 6) is 0.209. The lowest BCUT2D eigenvalue weighted by molar-refractivity contribution is -0.155. The van der Waals surface area contributed by atoms with Crippen molar-refractivity contribution in [2.75, 3.05) is 5.73 Å². The van der Waals surface area contributed by atoms with E-state index >= 15 is 0 Å². The summed E-state index contributed by atoms with van der Waals surface area (Å²) in [6, 6.07) is 6.96. The first kappa shape index (κ1) is 13.4. The third-order valence-electron chi connectivity index (χ3n) is 2.40. The third kappa shape index (κ3) is 4.34. The molecule has 0 aliphatic rings. The summed E-state index contributed by atoms with van der Waals surface area (Å²) >= 11 is 0. The topological polar surface area (TPSA) is 61.5 Å². The van der Waals surface area contributed by atoms with Gasteiger partial charge in [-0.3, -0.25) is 0 Å². The number of esters is 1. The molecule has 2 N–H and O–H groups in total. The largest absolute Gasteiger partial charge is 0.479 e. The SMILES string of the molecule is CCC(C)OC(=O)C(C)Oc1cccc(N)c1. The maximum Gasteiger partial charge on any atom is 0.347 e. The molecule has 0 saturated heterocycles. The van der Waals surface area contributed by atoms with Crippen LogP contribution in [0.15, 0.2) is 24.3 Å². The zero-order valence-electron chi connectivity index (χ0n) is 10.5. The Hall–Kier alpha value is -1.71. The van der Waals surface area contributed by atoms with Gasteiger partial charge in [0, 0.05) is 11.8 Å². The van der Waals surface area contributed by atoms with Crippen LogP contribution in [-0.4, -0.2) is 18.2 Å². The number of hydrogen-bond donors (Lipinski definition) is 1. The van der Waals surface area contributed by atoms with E-state index in [1.54, 1.807) is 31.2 Å². The van der Waals surface area contributed by atoms with E-state index in [-0.39, 0.29) is 12.1 Å². The number of rotatable bonds is 5. The van der Waals surface area contributed by atoms with Crippen LogP contribution in [0.1, 0.15) is 27.2 Å². The lowest BCUT2D eigenvalue weighted by Gasteiger charge is -2.17. The quantitative estimate of drug-likeness (QED) is 0.631. The van der Waals surface area contributed by atoms with Gasteiger partial charge in [-0.1, -0.05) is 13.0 Å². The Morgan fingerprint density at radius 1 is 1.41 bits per heavy atom. The Morgan fingerprint density at radius 2 is 2.12 bits per heavy atom. The molecule has 0 aromatic heterocycles. The highest BCUT2D eigenvalue weighted by Crippen LogP contribution is 2.16. The van der Waals surface area contributed by atoms with Crippen LogP contribution in [0.25, 0.3) is 0 Å². The molecule has 0 heterocycles. The van der Waals surface area contributed by atoms with Gasteiger partial charge >= 0.3 is 5.97 Å². The van der Waals surface area contributed by atoms with Crippen molar-refractivity contribution in [3.8, 4) is 5.75 Å². The molecule has 2 unspecified atom stereocenters. The van der Waals surface area contributed by atoms with Crippen LogP contribution in [-0.2, 0) is 9.53 Å². The van der Waals surface area contributed by atoms with Gasteiger partial charge in [-0.15, -0.1) is 0 Å². The lowest BCUT2D eigenvalue weighted by atomic mass is 10.3. The number of carbonyl (C=O) groups excluding carboxylic acids is 1. The minimum Gasteiger partial charge on any atom is -0.479 e. The predicted molar refractivity (Wildman–Crippen MR) is 66.8 cm³/mol. The Bertz CT molecular complexity index is 379. The Morgan fingerprint density at radius 3 is 2.71 bits per heavy atom. The van der Waals surface area contributed by atoms with Crippen LogP contribution < -0.4 is 10.5 Å². The summed E-state index contributed by atoms with van der Waals surface area (Å²) in [5.41, 5.74) is 6.22. The van der Waals surface area contributed by atoms with Gasteiger partial charge in [-0.2, -0.15) is 0 Å². The van der Waals surface area contributed by atoms with E-state index < -0.39 is 6.10 Å². The third-order valence-corrected chi connectivity index (χ3v) is 2.40. The number of anilines is 1. The van der Waals surface area contributed by atoms with Gasteiger partial charge in [-0.25, -0.2) is 4.79 Å². The van der Waals surface area contributed by atoms with Crippen molar-refractivity contribution in [3.63, 3.8) is 0 Å². The van der Waals surface area contributed by atoms with Crippen molar-refractivity contribution in [2.45, 2.75) is 39.4 Å². The highest BCUT2D eigenvalue weighted by molar-refractivity contribution is 5.74. The molecule has 1 aromatic carbocycles. The van der Waals surface area contributed by atoms with Gasteiger partial charge in [0.2, 0.25) is 0 Å². The molecule has 0 saturated carbocycles. The summed E-state index contributed by atoms with van der Waals surface area (Å²) in [7, 11) is 0. The predicted octanol–water partition coefficient (Wildman–Crippen LogP) is 2.38. The summed E-state index contributed by atoms with van der Waals surface area (Å²) in [4.78, 5) is 11.6. The summed E-state index contributed by atoms with van der Waals surface area (Å²) < 4.78 is 10.6. The number of hydrogen-bond acceptors (Lipinski definition) is 4. The van der Waals surface area contributed by atoms with E-state index in [2.05, 4.69) is 0 Å². The molecule has 0 bridgehead atoms. The Kier molecular flexibility index (Phi) is 4.82. The molecule has 4 nitrogen and oxygen atoms in total. The molecule has 0 radical (unpaired) electrons. The van der Waals surface area contributed by atoms with Crippen LogP contribution in [0, 0.1) is 0 Å². The molecule has 0 spiro atoms. The van der Waals surface area contributed by atoms with Gasteiger partial charge < -0.3 is 15.2 Å². The van der Waals surface area contributed by atoms with E-state index in [1.165, 1.54) is 0 Å². The van der Waals surface area contributed by atoms with Gasteiger partial charge in [-0.05, 0) is 32.4 Å². The van der Waals surface area contributed by atoms with E-state index in [1.807, 2.05) is 13.8 Å². The van der Waals surface area contributed by atoms with Gasteiger partial charge in [0.1, 0.15) is 5.75 Å². The molecule has 1 aromatic rings. The molecule has 94 valence electrons. The first-order chi connectivity index (χ1) is 8.02. The Labute approximate surface area is 102 Å². The fourth-order valence-corrected chi connectivity index (χ4v) is 1.22. The minimum absolute atomic E-state index is 0.0885. The highest BCUT2D eigenvalue weighted by Gasteiger charge is 2.18. The van der Waals surface area contributed by atoms with Gasteiger partial charge in [0.05, 0.1) is 6.10 Å². The van der Waals surface area contributed by atoms with Crippen LogP contribution in [0.2, 0.25) is 0 Å². The molecule has 2 atom stereocenters. The number of nitrogens with two attached hydrogens (primary N) is 1. The average molecular weight is 237 g/mol. The molecule has 0 amide bonds. The molecular weight excluding hydrogens is 218 g/mol. The number of carbonyl (C=O) groups is 1. The first-order valence-corrected chi connectivity index (χ1v) is 5.75. The van der Waals surface area contributed by atoms with Crippen molar-refractivity contribution < 1.29 is 14.3 Å². The maximum absolute atomic E-state index is 11.6. The Balaban J connectivity index is 2.54. The van der Waals surface area contributed by atoms with Crippen molar-refractivity contribution in [1.29, 1.82) is 0 Å². The smallest absolute Gasteiger partial charge is 0.347 e. The fraction of sp³-hybridized carbons (Fsp3) is 0.462. The van der Waals surface area contributed by atoms with E-state index in [0.29, 0.717) is 11.4 Å². The van der Waals surface area contributed by atoms with Crippen LogP contribution in [0.3, 0.4) is 0 Å². The average Bonchev–Trinajstić information content (AvgIpc) is 2.28. The number of benzene rings is 1. The summed E-state index contributed by atoms with van der Waals surface area (Å²) in [5, 5.41) is 0. The molecular formula is C13H19NO3. The molecule has 0 fully saturated rings. The normalized spacial score (nSPS) is 13.8. The molecule has 4 heteroatoms. The zero-order valence-corrected chi connectivity index (χ0v) is 10.5. The minimum atomic E-state index is -0.634. The molecule has 1 rings (SSSR count). The first-order valence-electron chi connectivity index (χ1n) is 5.75. The van der Waals surface area contributed by atoms with Gasteiger partial charge in [0.25, 0.3) is 0 Å². The van der Waals surface area contributed by atoms with Crippen molar-refractivity contribution >= 4 is 11.7 Å². The summed E-state index contributed by atoms with van der Waals surface area (Å²) in [6.45, 7) is 5.47. The lowest BCUT2D eigenvalue weighted by Crippen LogP contribution is -2.29. The standard InChI is InChI=1S/C13H19NO3/c1-4-9(2)16-13(15)10(3)17-12-7-5-6-11(14)8-12/h5-10H,4,14H2,1-3H3. The van der Waals surface area contributed by atoms with Crippen LogP contribution in [0.4, 0.5) is 5.69 Å². The maximum atomic E-state index is 11.6. The second kappa shape index (κ2) is 6.13.